The molecule has 0 radical (unpaired) electrons. The summed E-state index contributed by atoms with van der Waals surface area (Å²) >= 11 is 0. The van der Waals surface area contributed by atoms with Gasteiger partial charge in [0.1, 0.15) is 12.3 Å². The van der Waals surface area contributed by atoms with E-state index in [1.165, 1.54) is 21.5 Å². The van der Waals surface area contributed by atoms with Crippen LogP contribution in [0.15, 0.2) is 144 Å². The summed E-state index contributed by atoms with van der Waals surface area (Å²) < 4.78 is 21.2. The molecule has 1 aliphatic carbocycles. The number of rotatable bonds is 9. The van der Waals surface area contributed by atoms with Gasteiger partial charge in [-0.05, 0) is 39.8 Å². The summed E-state index contributed by atoms with van der Waals surface area (Å²) in [5, 5.41) is 2.43. The quantitative estimate of drug-likeness (QED) is 0.118. The van der Waals surface area contributed by atoms with E-state index in [1.807, 2.05) is 36.4 Å². The minimum Gasteiger partial charge on any atom is -0.437 e. The predicted molar refractivity (Wildman–Crippen MR) is 192 cm³/mol. The van der Waals surface area contributed by atoms with E-state index in [2.05, 4.69) is 124 Å². The molecule has 6 aromatic rings. The van der Waals surface area contributed by atoms with Crippen LogP contribution in [0.3, 0.4) is 0 Å². The number of aromatic nitrogens is 1. The Hall–Kier alpha value is -4.55. The van der Waals surface area contributed by atoms with Crippen LogP contribution >= 0.6 is 0 Å². The van der Waals surface area contributed by atoms with Crippen molar-refractivity contribution in [2.75, 3.05) is 0 Å². The van der Waals surface area contributed by atoms with E-state index in [4.69, 9.17) is 18.6 Å². The lowest BCUT2D eigenvalue weighted by Gasteiger charge is -2.42. The van der Waals surface area contributed by atoms with Gasteiger partial charge in [0.05, 0.1) is 0 Å². The van der Waals surface area contributed by atoms with Gasteiger partial charge in [-0.3, -0.25) is 0 Å². The molecule has 0 bridgehead atoms. The maximum absolute atomic E-state index is 7.52. The number of oxazole rings is 1. The first-order valence-corrected chi connectivity index (χ1v) is 18.2. The van der Waals surface area contributed by atoms with E-state index in [0.717, 1.165) is 47.4 Å². The Morgan fingerprint density at radius 1 is 0.702 bits per heavy atom. The molecule has 0 saturated carbocycles. The van der Waals surface area contributed by atoms with Crippen molar-refractivity contribution in [2.24, 2.45) is 0 Å². The van der Waals surface area contributed by atoms with E-state index in [9.17, 15) is 0 Å². The zero-order valence-corrected chi connectivity index (χ0v) is 28.5. The van der Waals surface area contributed by atoms with Gasteiger partial charge in [0, 0.05) is 23.1 Å². The van der Waals surface area contributed by atoms with Gasteiger partial charge in [-0.15, -0.1) is 0 Å². The van der Waals surface area contributed by atoms with Crippen molar-refractivity contribution < 1.29 is 13.6 Å². The van der Waals surface area contributed by atoms with Gasteiger partial charge in [-0.25, -0.2) is 4.98 Å². The van der Waals surface area contributed by atoms with E-state index >= 15 is 0 Å². The molecule has 4 nitrogen and oxygen atoms in total. The van der Waals surface area contributed by atoms with E-state index in [1.54, 1.807) is 0 Å². The van der Waals surface area contributed by atoms with Crippen molar-refractivity contribution in [3.8, 4) is 22.6 Å². The van der Waals surface area contributed by atoms with Gasteiger partial charge in [0.25, 0.3) is 0 Å². The highest BCUT2D eigenvalue weighted by molar-refractivity contribution is 6.80. The summed E-state index contributed by atoms with van der Waals surface area (Å²) in [6, 6.07) is 48.4. The molecule has 47 heavy (non-hydrogen) atoms. The Morgan fingerprint density at radius 2 is 1.28 bits per heavy atom. The first kappa shape index (κ1) is 31.1. The number of fused-ring (bicyclic) bond motifs is 1. The normalized spacial score (nSPS) is 16.3. The van der Waals surface area contributed by atoms with Crippen molar-refractivity contribution in [3.05, 3.63) is 162 Å². The Bertz CT molecular complexity index is 1820. The molecule has 5 heteroatoms. The zero-order chi connectivity index (χ0) is 32.3. The fraction of sp³-hybridized carbons (Fsp3) is 0.214. The van der Waals surface area contributed by atoms with E-state index in [0.29, 0.717) is 5.89 Å². The summed E-state index contributed by atoms with van der Waals surface area (Å²) in [5.74, 6) is 0.304. The summed E-state index contributed by atoms with van der Waals surface area (Å²) in [4.78, 5) is 5.04. The van der Waals surface area contributed by atoms with Crippen LogP contribution in [0, 0.1) is 0 Å². The fourth-order valence-electron chi connectivity index (χ4n) is 6.81. The molecular weight excluding hydrogens is 595 g/mol. The van der Waals surface area contributed by atoms with Gasteiger partial charge < -0.3 is 13.6 Å². The summed E-state index contributed by atoms with van der Waals surface area (Å²) in [7, 11) is -2.21. The number of ether oxygens (including phenoxy) is 1. The van der Waals surface area contributed by atoms with Crippen LogP contribution in [0.5, 0.6) is 0 Å². The Kier molecular flexibility index (Phi) is 8.78. The molecule has 1 atom stereocenters. The highest BCUT2D eigenvalue weighted by atomic mass is 28.3. The van der Waals surface area contributed by atoms with Crippen LogP contribution in [0.1, 0.15) is 56.2 Å². The number of hydrogen-bond donors (Lipinski definition) is 0. The van der Waals surface area contributed by atoms with Gasteiger partial charge >= 0.3 is 0 Å². The third-order valence-electron chi connectivity index (χ3n) is 9.02. The minimum absolute atomic E-state index is 0.0121. The lowest BCUT2D eigenvalue weighted by Crippen LogP contribution is -2.52. The Morgan fingerprint density at radius 3 is 1.87 bits per heavy atom. The minimum atomic E-state index is -2.21. The molecule has 0 amide bonds. The van der Waals surface area contributed by atoms with Crippen LogP contribution in [0.2, 0.25) is 0 Å². The molecule has 5 aromatic carbocycles. The van der Waals surface area contributed by atoms with Gasteiger partial charge in [0.2, 0.25) is 14.9 Å². The molecular formula is C42H41NO3Si. The maximum atomic E-state index is 7.52. The number of nitrogens with zero attached hydrogens (tertiary/aromatic N) is 1. The first-order chi connectivity index (χ1) is 22.9. The third-order valence-corrected chi connectivity index (χ3v) is 11.6. The molecule has 1 aliphatic rings. The Balaban J connectivity index is 1.33. The molecule has 1 heterocycles. The van der Waals surface area contributed by atoms with Crippen molar-refractivity contribution in [2.45, 2.75) is 57.8 Å². The van der Waals surface area contributed by atoms with Crippen molar-refractivity contribution in [3.63, 3.8) is 0 Å². The summed E-state index contributed by atoms with van der Waals surface area (Å²) in [5.41, 5.74) is 6.59. The highest BCUT2D eigenvalue weighted by Gasteiger charge is 2.43. The van der Waals surface area contributed by atoms with E-state index < -0.39 is 14.8 Å². The fourth-order valence-corrected chi connectivity index (χ4v) is 9.30. The molecule has 0 N–H and O–H groups in total. The van der Waals surface area contributed by atoms with Crippen LogP contribution in [0.25, 0.3) is 22.6 Å². The number of benzene rings is 5. The molecule has 236 valence electrons. The summed E-state index contributed by atoms with van der Waals surface area (Å²) in [6.45, 7) is 7.04. The summed E-state index contributed by atoms with van der Waals surface area (Å²) in [6.07, 6.45) is 2.70. The maximum Gasteiger partial charge on any atom is 0.244 e. The van der Waals surface area contributed by atoms with Gasteiger partial charge in [-0.2, -0.15) is 0 Å². The molecule has 0 unspecified atom stereocenters. The van der Waals surface area contributed by atoms with E-state index in [-0.39, 0.29) is 12.0 Å². The van der Waals surface area contributed by atoms with Gasteiger partial charge in [-0.1, -0.05) is 160 Å². The topological polar surface area (TPSA) is 44.5 Å². The third kappa shape index (κ3) is 6.52. The highest BCUT2D eigenvalue weighted by Crippen LogP contribution is 2.44. The Labute approximate surface area is 279 Å². The zero-order valence-electron chi connectivity index (χ0n) is 27.4. The molecule has 0 saturated heterocycles. The van der Waals surface area contributed by atoms with Crippen LogP contribution in [0.4, 0.5) is 0 Å². The number of hydrogen-bond acceptors (Lipinski definition) is 4. The monoisotopic (exact) mass is 635 g/mol. The lowest BCUT2D eigenvalue weighted by atomic mass is 9.76. The SMILES string of the molecule is CC(C)(C)c1cccc2c1CCC[C@]2(OCc1nc(-c2ccccc2)c(-c2ccccc2)o1)O[SiH](c1ccccc1)c1ccccc1. The smallest absolute Gasteiger partial charge is 0.244 e. The second-order valence-electron chi connectivity index (χ2n) is 13.3. The van der Waals surface area contributed by atoms with Gasteiger partial charge in [0.15, 0.2) is 11.5 Å². The van der Waals surface area contributed by atoms with Crippen LogP contribution in [-0.4, -0.2) is 14.0 Å². The molecule has 0 fully saturated rings. The molecule has 1 aromatic heterocycles. The van der Waals surface area contributed by atoms with Crippen molar-refractivity contribution >= 4 is 19.4 Å². The lowest BCUT2D eigenvalue weighted by molar-refractivity contribution is -0.214. The van der Waals surface area contributed by atoms with Crippen LogP contribution in [-0.2, 0) is 33.4 Å². The average Bonchev–Trinajstić information content (AvgIpc) is 3.55. The molecule has 7 rings (SSSR count). The largest absolute Gasteiger partial charge is 0.437 e. The van der Waals surface area contributed by atoms with Crippen molar-refractivity contribution in [1.29, 1.82) is 0 Å². The second-order valence-corrected chi connectivity index (χ2v) is 15.6. The average molecular weight is 636 g/mol. The second kappa shape index (κ2) is 13.3. The predicted octanol–water partition coefficient (Wildman–Crippen LogP) is 8.57. The van der Waals surface area contributed by atoms with Crippen molar-refractivity contribution in [1.82, 2.24) is 4.98 Å². The molecule has 0 aliphatic heterocycles. The molecule has 0 spiro atoms. The standard InChI is InChI=1S/C42H41NO3Si/c1-41(2,3)36-27-16-28-37-35(36)26-17-29-42(37,46-47(33-22-12-6-13-23-33)34-24-14-7-15-25-34)44-30-38-43-39(31-18-8-4-9-19-31)40(45-38)32-20-10-5-11-21-32/h4-16,18-25,27-28,47H,17,26,29-30H2,1-3H3/t42-/m0/s1. The first-order valence-electron chi connectivity index (χ1n) is 16.6. The van der Waals surface area contributed by atoms with Crippen LogP contribution < -0.4 is 10.4 Å².